The molecule has 1 aromatic carbocycles. The smallest absolute Gasteiger partial charge is 0.232 e. The number of hydrogen-bond donors (Lipinski definition) is 3. The number of thiophene rings is 1. The van der Waals surface area contributed by atoms with Crippen LogP contribution in [-0.2, 0) is 5.75 Å². The Morgan fingerprint density at radius 3 is 2.79 bits per heavy atom. The summed E-state index contributed by atoms with van der Waals surface area (Å²) in [6.07, 6.45) is 0. The number of benzene rings is 1. The van der Waals surface area contributed by atoms with Gasteiger partial charge in [0.2, 0.25) is 17.1 Å². The van der Waals surface area contributed by atoms with E-state index in [9.17, 15) is 0 Å². The topological polar surface area (TPSA) is 143 Å². The summed E-state index contributed by atoms with van der Waals surface area (Å²) in [6, 6.07) is 11.3. The Morgan fingerprint density at radius 1 is 1.14 bits per heavy atom. The quantitative estimate of drug-likeness (QED) is 0.297. The van der Waals surface area contributed by atoms with Gasteiger partial charge in [0.25, 0.3) is 0 Å². The van der Waals surface area contributed by atoms with E-state index in [1.807, 2.05) is 41.8 Å². The van der Waals surface area contributed by atoms with E-state index in [4.69, 9.17) is 16.3 Å². The van der Waals surface area contributed by atoms with Gasteiger partial charge >= 0.3 is 0 Å². The van der Waals surface area contributed by atoms with Gasteiger partial charge < -0.3 is 21.6 Å². The molecule has 4 rings (SSSR count). The average Bonchev–Trinajstić information content (AvgIpc) is 3.36. The third-order valence-corrected chi connectivity index (χ3v) is 5.59. The van der Waals surface area contributed by atoms with Crippen LogP contribution in [0.1, 0.15) is 5.82 Å². The van der Waals surface area contributed by atoms with Crippen molar-refractivity contribution in [2.24, 2.45) is 0 Å². The lowest BCUT2D eigenvalue weighted by Crippen LogP contribution is -2.11. The van der Waals surface area contributed by atoms with Gasteiger partial charge in [-0.2, -0.15) is 15.0 Å². The molecule has 3 heterocycles. The number of nitrogen functional groups attached to an aromatic ring is 2. The zero-order valence-corrected chi connectivity index (χ0v) is 16.9. The molecule has 10 nitrogen and oxygen atoms in total. The fourth-order valence-electron chi connectivity index (χ4n) is 2.51. The van der Waals surface area contributed by atoms with Crippen molar-refractivity contribution in [2.75, 3.05) is 24.0 Å². The fraction of sp³-hybridized carbons (Fsp3) is 0.118. The second kappa shape index (κ2) is 8.32. The van der Waals surface area contributed by atoms with Gasteiger partial charge in [-0.1, -0.05) is 30.0 Å². The highest BCUT2D eigenvalue weighted by atomic mass is 32.2. The summed E-state index contributed by atoms with van der Waals surface area (Å²) < 4.78 is 6.78. The summed E-state index contributed by atoms with van der Waals surface area (Å²) in [4.78, 5) is 13.7. The van der Waals surface area contributed by atoms with Gasteiger partial charge in [-0.15, -0.1) is 21.5 Å². The van der Waals surface area contributed by atoms with Gasteiger partial charge in [0, 0.05) is 0 Å². The largest absolute Gasteiger partial charge is 0.495 e. The summed E-state index contributed by atoms with van der Waals surface area (Å²) in [5, 5.41) is 13.9. The molecule has 12 heteroatoms. The first kappa shape index (κ1) is 19.0. The average molecular weight is 428 g/mol. The van der Waals surface area contributed by atoms with E-state index < -0.39 is 0 Å². The van der Waals surface area contributed by atoms with E-state index >= 15 is 0 Å². The number of aromatic nitrogens is 6. The number of nitrogens with one attached hydrogen (secondary N) is 1. The van der Waals surface area contributed by atoms with Gasteiger partial charge in [0.1, 0.15) is 11.6 Å². The lowest BCUT2D eigenvalue weighted by atomic mass is 10.3. The number of rotatable bonds is 7. The van der Waals surface area contributed by atoms with E-state index in [-0.39, 0.29) is 5.95 Å². The van der Waals surface area contributed by atoms with Crippen LogP contribution >= 0.6 is 23.1 Å². The van der Waals surface area contributed by atoms with E-state index in [2.05, 4.69) is 30.5 Å². The lowest BCUT2D eigenvalue weighted by Gasteiger charge is -2.10. The van der Waals surface area contributed by atoms with Crippen LogP contribution in [0.4, 0.5) is 17.6 Å². The highest BCUT2D eigenvalue weighted by Crippen LogP contribution is 2.28. The number of hydrogen-bond acceptors (Lipinski definition) is 11. The molecule has 0 saturated heterocycles. The van der Waals surface area contributed by atoms with E-state index in [0.29, 0.717) is 34.3 Å². The van der Waals surface area contributed by atoms with Gasteiger partial charge in [-0.05, 0) is 23.6 Å². The van der Waals surface area contributed by atoms with Crippen LogP contribution in [0.25, 0.3) is 10.7 Å². The third kappa shape index (κ3) is 4.22. The molecular formula is C17H17N9OS2. The van der Waals surface area contributed by atoms with Crippen molar-refractivity contribution in [1.29, 1.82) is 0 Å². The molecule has 0 saturated carbocycles. The number of methoxy groups -OCH3 is 1. The Hall–Kier alpha value is -3.38. The minimum absolute atomic E-state index is 0.112. The molecule has 0 amide bonds. The highest BCUT2D eigenvalue weighted by molar-refractivity contribution is 7.98. The Morgan fingerprint density at radius 2 is 2.00 bits per heavy atom. The molecule has 0 radical (unpaired) electrons. The molecule has 0 unspecified atom stereocenters. The van der Waals surface area contributed by atoms with Crippen molar-refractivity contribution in [2.45, 2.75) is 10.9 Å². The molecule has 4 aromatic rings. The molecule has 0 aliphatic rings. The third-order valence-electron chi connectivity index (χ3n) is 3.79. The van der Waals surface area contributed by atoms with Gasteiger partial charge in [0.15, 0.2) is 5.82 Å². The van der Waals surface area contributed by atoms with Crippen LogP contribution in [0, 0.1) is 0 Å². The normalized spacial score (nSPS) is 10.8. The maximum atomic E-state index is 6.13. The highest BCUT2D eigenvalue weighted by Gasteiger charge is 2.14. The maximum Gasteiger partial charge on any atom is 0.232 e. The van der Waals surface area contributed by atoms with Crippen molar-refractivity contribution in [3.8, 4) is 16.5 Å². The van der Waals surface area contributed by atoms with Crippen LogP contribution in [0.15, 0.2) is 46.9 Å². The van der Waals surface area contributed by atoms with Crippen molar-refractivity contribution < 1.29 is 4.74 Å². The number of nitrogens with zero attached hydrogens (tertiary/aromatic N) is 6. The first-order chi connectivity index (χ1) is 14.1. The molecule has 0 aliphatic carbocycles. The summed E-state index contributed by atoms with van der Waals surface area (Å²) in [5.74, 6) is 8.72. The second-order valence-corrected chi connectivity index (χ2v) is 7.59. The molecular weight excluding hydrogens is 410 g/mol. The van der Waals surface area contributed by atoms with Crippen molar-refractivity contribution in [3.63, 3.8) is 0 Å². The molecule has 0 bridgehead atoms. The number of anilines is 3. The van der Waals surface area contributed by atoms with Crippen LogP contribution in [-0.4, -0.2) is 36.9 Å². The monoisotopic (exact) mass is 427 g/mol. The molecule has 0 aliphatic heterocycles. The molecule has 3 aromatic heterocycles. The summed E-state index contributed by atoms with van der Waals surface area (Å²) in [6.45, 7) is 0. The van der Waals surface area contributed by atoms with Crippen molar-refractivity contribution in [1.82, 2.24) is 29.8 Å². The zero-order chi connectivity index (χ0) is 20.2. The van der Waals surface area contributed by atoms with Gasteiger partial charge in [-0.25, -0.2) is 4.68 Å². The molecule has 29 heavy (non-hydrogen) atoms. The van der Waals surface area contributed by atoms with E-state index in [0.717, 1.165) is 10.6 Å². The minimum atomic E-state index is 0.112. The second-order valence-electron chi connectivity index (χ2n) is 5.70. The molecule has 0 atom stereocenters. The number of para-hydroxylation sites is 2. The summed E-state index contributed by atoms with van der Waals surface area (Å²) in [7, 11) is 1.60. The maximum absolute atomic E-state index is 6.13. The minimum Gasteiger partial charge on any atom is -0.495 e. The van der Waals surface area contributed by atoms with Crippen LogP contribution < -0.4 is 21.6 Å². The molecule has 0 fully saturated rings. The predicted octanol–water partition coefficient (Wildman–Crippen LogP) is 2.53. The Bertz CT molecular complexity index is 1110. The molecule has 0 spiro atoms. The lowest BCUT2D eigenvalue weighted by molar-refractivity contribution is 0.417. The van der Waals surface area contributed by atoms with Crippen molar-refractivity contribution in [3.05, 3.63) is 47.6 Å². The standard InChI is InChI=1S/C17H17N9OS2/c1-27-11-6-3-2-5-10(11)20-16-22-13(21-15(18)23-16)9-29-17-25-24-14(26(17)19)12-7-4-8-28-12/h2-8H,9,19H2,1H3,(H3,18,20,21,22,23). The fourth-order valence-corrected chi connectivity index (χ4v) is 3.92. The van der Waals surface area contributed by atoms with Gasteiger partial charge in [0.05, 0.1) is 23.4 Å². The Labute approximate surface area is 174 Å². The SMILES string of the molecule is COc1ccccc1Nc1nc(N)nc(CSc2nnc(-c3cccs3)n2N)n1. The zero-order valence-electron chi connectivity index (χ0n) is 15.3. The predicted molar refractivity (Wildman–Crippen MR) is 114 cm³/mol. The van der Waals surface area contributed by atoms with E-state index in [1.165, 1.54) is 16.4 Å². The number of ether oxygens (including phenoxy) is 1. The molecule has 5 N–H and O–H groups in total. The summed E-state index contributed by atoms with van der Waals surface area (Å²) in [5.41, 5.74) is 6.58. The number of thioether (sulfide) groups is 1. The van der Waals surface area contributed by atoms with Crippen LogP contribution in [0.5, 0.6) is 5.75 Å². The first-order valence-corrected chi connectivity index (χ1v) is 10.3. The first-order valence-electron chi connectivity index (χ1n) is 8.41. The number of nitrogens with two attached hydrogens (primary N) is 2. The van der Waals surface area contributed by atoms with Crippen molar-refractivity contribution >= 4 is 40.7 Å². The van der Waals surface area contributed by atoms with Gasteiger partial charge in [-0.3, -0.25) is 0 Å². The van der Waals surface area contributed by atoms with Crippen LogP contribution in [0.3, 0.4) is 0 Å². The Kier molecular flexibility index (Phi) is 5.44. The van der Waals surface area contributed by atoms with Crippen LogP contribution in [0.2, 0.25) is 0 Å². The molecule has 148 valence electrons. The Balaban J connectivity index is 1.50. The summed E-state index contributed by atoms with van der Waals surface area (Å²) >= 11 is 2.90. The van der Waals surface area contributed by atoms with E-state index in [1.54, 1.807) is 18.4 Å².